The minimum absolute atomic E-state index is 0.120. The Morgan fingerprint density at radius 2 is 1.71 bits per heavy atom. The van der Waals surface area contributed by atoms with Gasteiger partial charge in [-0.25, -0.2) is 0 Å². The Morgan fingerprint density at radius 1 is 0.964 bits per heavy atom. The Morgan fingerprint density at radius 3 is 2.39 bits per heavy atom. The lowest BCUT2D eigenvalue weighted by molar-refractivity contribution is 0.0938. The molecule has 0 radical (unpaired) electrons. The van der Waals surface area contributed by atoms with Crippen molar-refractivity contribution in [3.05, 3.63) is 59.7 Å². The smallest absolute Gasteiger partial charge is 0.255 e. The van der Waals surface area contributed by atoms with Crippen LogP contribution in [0.5, 0.6) is 5.75 Å². The van der Waals surface area contributed by atoms with Gasteiger partial charge >= 0.3 is 0 Å². The summed E-state index contributed by atoms with van der Waals surface area (Å²) in [5.41, 5.74) is 1.67. The highest BCUT2D eigenvalue weighted by atomic mass is 16.5. The molecule has 2 amide bonds. The Labute approximate surface area is 166 Å². The van der Waals surface area contributed by atoms with Gasteiger partial charge < -0.3 is 20.1 Å². The third-order valence-corrected chi connectivity index (χ3v) is 4.19. The molecule has 2 aromatic carbocycles. The van der Waals surface area contributed by atoms with Gasteiger partial charge in [-0.3, -0.25) is 9.59 Å². The van der Waals surface area contributed by atoms with Gasteiger partial charge in [-0.05, 0) is 62.7 Å². The van der Waals surface area contributed by atoms with Crippen LogP contribution in [0.1, 0.15) is 47.9 Å². The molecule has 2 N–H and O–H groups in total. The van der Waals surface area contributed by atoms with Crippen molar-refractivity contribution in [2.24, 2.45) is 0 Å². The molecule has 0 fully saturated rings. The third-order valence-electron chi connectivity index (χ3n) is 4.19. The number of hydrogen-bond acceptors (Lipinski definition) is 4. The third kappa shape index (κ3) is 6.70. The highest BCUT2D eigenvalue weighted by Crippen LogP contribution is 2.16. The van der Waals surface area contributed by atoms with Crippen LogP contribution in [0.25, 0.3) is 0 Å². The number of benzene rings is 2. The van der Waals surface area contributed by atoms with E-state index in [1.165, 1.54) is 0 Å². The van der Waals surface area contributed by atoms with Crippen LogP contribution in [0.15, 0.2) is 48.5 Å². The molecule has 2 rings (SSSR count). The first-order valence-electron chi connectivity index (χ1n) is 9.56. The van der Waals surface area contributed by atoms with Crippen molar-refractivity contribution in [3.63, 3.8) is 0 Å². The topological polar surface area (TPSA) is 76.7 Å². The van der Waals surface area contributed by atoms with E-state index in [0.29, 0.717) is 42.4 Å². The Balaban J connectivity index is 1.94. The molecule has 2 aromatic rings. The molecule has 0 saturated heterocycles. The van der Waals surface area contributed by atoms with Gasteiger partial charge in [0, 0.05) is 29.5 Å². The molecule has 0 saturated carbocycles. The normalized spacial score (nSPS) is 11.5. The second kappa shape index (κ2) is 11.1. The summed E-state index contributed by atoms with van der Waals surface area (Å²) in [6.45, 7) is 7.48. The van der Waals surface area contributed by atoms with Crippen LogP contribution in [0.2, 0.25) is 0 Å². The molecule has 0 bridgehead atoms. The van der Waals surface area contributed by atoms with Crippen LogP contribution in [0.4, 0.5) is 5.69 Å². The minimum Gasteiger partial charge on any atom is -0.491 e. The highest BCUT2D eigenvalue weighted by Gasteiger charge is 2.10. The molecular weight excluding hydrogens is 356 g/mol. The monoisotopic (exact) mass is 384 g/mol. The van der Waals surface area contributed by atoms with E-state index in [4.69, 9.17) is 9.47 Å². The summed E-state index contributed by atoms with van der Waals surface area (Å²) in [7, 11) is 0. The molecular formula is C22H28N2O4. The number of anilines is 1. The van der Waals surface area contributed by atoms with Gasteiger partial charge in [-0.1, -0.05) is 13.0 Å². The largest absolute Gasteiger partial charge is 0.491 e. The lowest BCUT2D eigenvalue weighted by atomic mass is 10.1. The molecule has 0 aromatic heterocycles. The predicted molar refractivity (Wildman–Crippen MR) is 110 cm³/mol. The fourth-order valence-corrected chi connectivity index (χ4v) is 2.41. The molecule has 0 aliphatic carbocycles. The Kier molecular flexibility index (Phi) is 8.49. The number of hydrogen-bond donors (Lipinski definition) is 2. The fraction of sp³-hybridized carbons (Fsp3) is 0.364. The van der Waals surface area contributed by atoms with Crippen LogP contribution in [0, 0.1) is 0 Å². The van der Waals surface area contributed by atoms with Crippen LogP contribution >= 0.6 is 0 Å². The quantitative estimate of drug-likeness (QED) is 0.610. The maximum absolute atomic E-state index is 12.5. The predicted octanol–water partition coefficient (Wildman–Crippen LogP) is 3.88. The van der Waals surface area contributed by atoms with Gasteiger partial charge in [0.1, 0.15) is 12.4 Å². The first-order valence-corrected chi connectivity index (χ1v) is 9.56. The molecule has 28 heavy (non-hydrogen) atoms. The standard InChI is InChI=1S/C22H28N2O4/c1-4-16(3)23-21(25)17-9-11-19(12-10-17)24-22(26)18-7-6-8-20(15-18)28-14-13-27-5-2/h6-12,15-16H,4-5,13-14H2,1-3H3,(H,23,25)(H,24,26). The molecule has 0 aliphatic heterocycles. The van der Waals surface area contributed by atoms with Crippen LogP contribution in [-0.2, 0) is 4.74 Å². The Hall–Kier alpha value is -2.86. The van der Waals surface area contributed by atoms with Crippen molar-refractivity contribution in [1.29, 1.82) is 0 Å². The number of carbonyl (C=O) groups is 2. The molecule has 1 atom stereocenters. The molecule has 0 spiro atoms. The summed E-state index contributed by atoms with van der Waals surface area (Å²) >= 11 is 0. The summed E-state index contributed by atoms with van der Waals surface area (Å²) in [6.07, 6.45) is 0.869. The zero-order valence-corrected chi connectivity index (χ0v) is 16.7. The lowest BCUT2D eigenvalue weighted by Crippen LogP contribution is -2.31. The zero-order valence-electron chi connectivity index (χ0n) is 16.7. The maximum Gasteiger partial charge on any atom is 0.255 e. The van der Waals surface area contributed by atoms with Crippen molar-refractivity contribution in [2.45, 2.75) is 33.2 Å². The van der Waals surface area contributed by atoms with Gasteiger partial charge in [-0.2, -0.15) is 0 Å². The summed E-state index contributed by atoms with van der Waals surface area (Å²) in [4.78, 5) is 24.6. The van der Waals surface area contributed by atoms with Crippen LogP contribution in [0.3, 0.4) is 0 Å². The lowest BCUT2D eigenvalue weighted by Gasteiger charge is -2.12. The number of ether oxygens (including phenoxy) is 2. The Bertz CT molecular complexity index is 774. The summed E-state index contributed by atoms with van der Waals surface area (Å²) in [5, 5.41) is 5.74. The molecule has 150 valence electrons. The van der Waals surface area contributed by atoms with Gasteiger partial charge in [0.25, 0.3) is 11.8 Å². The molecule has 0 heterocycles. The first kappa shape index (κ1) is 21.4. The van der Waals surface area contributed by atoms with Crippen LogP contribution < -0.4 is 15.4 Å². The van der Waals surface area contributed by atoms with Crippen LogP contribution in [-0.4, -0.2) is 37.7 Å². The number of nitrogens with one attached hydrogen (secondary N) is 2. The number of carbonyl (C=O) groups excluding carboxylic acids is 2. The highest BCUT2D eigenvalue weighted by molar-refractivity contribution is 6.04. The number of amides is 2. The van der Waals surface area contributed by atoms with E-state index >= 15 is 0 Å². The van der Waals surface area contributed by atoms with E-state index < -0.39 is 0 Å². The molecule has 6 nitrogen and oxygen atoms in total. The summed E-state index contributed by atoms with van der Waals surface area (Å²) < 4.78 is 10.8. The second-order valence-electron chi connectivity index (χ2n) is 6.39. The second-order valence-corrected chi connectivity index (χ2v) is 6.39. The van der Waals surface area contributed by atoms with E-state index in [0.717, 1.165) is 6.42 Å². The van der Waals surface area contributed by atoms with Crippen molar-refractivity contribution in [3.8, 4) is 5.75 Å². The van der Waals surface area contributed by atoms with Crippen molar-refractivity contribution in [2.75, 3.05) is 25.1 Å². The van der Waals surface area contributed by atoms with Gasteiger partial charge in [0.15, 0.2) is 0 Å². The molecule has 6 heteroatoms. The zero-order chi connectivity index (χ0) is 20.4. The van der Waals surface area contributed by atoms with Gasteiger partial charge in [-0.15, -0.1) is 0 Å². The summed E-state index contributed by atoms with van der Waals surface area (Å²) in [5.74, 6) is 0.251. The van der Waals surface area contributed by atoms with Gasteiger partial charge in [0.2, 0.25) is 0 Å². The average Bonchev–Trinajstić information content (AvgIpc) is 2.71. The van der Waals surface area contributed by atoms with Crippen molar-refractivity contribution >= 4 is 17.5 Å². The fourth-order valence-electron chi connectivity index (χ4n) is 2.41. The van der Waals surface area contributed by atoms with Crippen molar-refractivity contribution < 1.29 is 19.1 Å². The average molecular weight is 384 g/mol. The van der Waals surface area contributed by atoms with E-state index in [2.05, 4.69) is 10.6 Å². The summed E-state index contributed by atoms with van der Waals surface area (Å²) in [6, 6.07) is 13.9. The molecule has 0 aliphatic rings. The number of rotatable bonds is 10. The van der Waals surface area contributed by atoms with E-state index in [-0.39, 0.29) is 17.9 Å². The van der Waals surface area contributed by atoms with E-state index in [9.17, 15) is 9.59 Å². The SMILES string of the molecule is CCOCCOc1cccc(C(=O)Nc2ccc(C(=O)NC(C)CC)cc2)c1. The minimum atomic E-state index is -0.243. The van der Waals surface area contributed by atoms with E-state index in [1.807, 2.05) is 20.8 Å². The van der Waals surface area contributed by atoms with E-state index in [1.54, 1.807) is 48.5 Å². The maximum atomic E-state index is 12.5. The van der Waals surface area contributed by atoms with Gasteiger partial charge in [0.05, 0.1) is 6.61 Å². The molecule has 1 unspecified atom stereocenters. The first-order chi connectivity index (χ1) is 13.5. The van der Waals surface area contributed by atoms with Crippen molar-refractivity contribution in [1.82, 2.24) is 5.32 Å².